The highest BCUT2D eigenvalue weighted by Crippen LogP contribution is 2.28. The minimum atomic E-state index is -1.01. The lowest BCUT2D eigenvalue weighted by Gasteiger charge is -2.32. The Hall–Kier alpha value is -2.28. The maximum atomic E-state index is 13.3. The average Bonchev–Trinajstić information content (AvgIpc) is 3.05. The van der Waals surface area contributed by atoms with Crippen LogP contribution in [0.5, 0.6) is 0 Å². The van der Waals surface area contributed by atoms with Crippen molar-refractivity contribution >= 4 is 5.91 Å². The van der Waals surface area contributed by atoms with Gasteiger partial charge in [0.1, 0.15) is 0 Å². The van der Waals surface area contributed by atoms with Crippen molar-refractivity contribution in [3.05, 3.63) is 53.4 Å². The van der Waals surface area contributed by atoms with Crippen LogP contribution in [-0.4, -0.2) is 45.4 Å². The first-order chi connectivity index (χ1) is 11.6. The number of nitrogens with zero attached hydrogens (tertiary/aromatic N) is 3. The van der Waals surface area contributed by atoms with Gasteiger partial charge in [-0.2, -0.15) is 5.10 Å². The molecule has 1 fully saturated rings. The van der Waals surface area contributed by atoms with E-state index in [4.69, 9.17) is 5.11 Å². The number of aromatic nitrogens is 2. The van der Waals surface area contributed by atoms with Crippen molar-refractivity contribution in [1.29, 1.82) is 0 Å². The van der Waals surface area contributed by atoms with Crippen molar-refractivity contribution in [3.63, 3.8) is 0 Å². The zero-order valence-corrected chi connectivity index (χ0v) is 13.2. The summed E-state index contributed by atoms with van der Waals surface area (Å²) in [6.07, 6.45) is 3.25. The standard InChI is InChI=1S/C17H19F2N3O2/c18-14-2-1-13(11-15(14)19)17(24)21-7-4-12(5-8-21)16-3-6-20-22(16)9-10-23/h1-3,6,11-12,23H,4-5,7-10H2. The highest BCUT2D eigenvalue weighted by atomic mass is 19.2. The van der Waals surface area contributed by atoms with E-state index in [0.29, 0.717) is 19.6 Å². The molecule has 1 aliphatic rings. The van der Waals surface area contributed by atoms with Gasteiger partial charge in [-0.1, -0.05) is 0 Å². The summed E-state index contributed by atoms with van der Waals surface area (Å²) in [6.45, 7) is 1.58. The van der Waals surface area contributed by atoms with E-state index >= 15 is 0 Å². The maximum absolute atomic E-state index is 13.3. The Morgan fingerprint density at radius 1 is 1.21 bits per heavy atom. The van der Waals surface area contributed by atoms with E-state index in [-0.39, 0.29) is 24.0 Å². The third-order valence-corrected chi connectivity index (χ3v) is 4.43. The molecule has 1 aromatic heterocycles. The van der Waals surface area contributed by atoms with Crippen molar-refractivity contribution in [2.75, 3.05) is 19.7 Å². The van der Waals surface area contributed by atoms with Gasteiger partial charge in [0, 0.05) is 36.5 Å². The molecule has 0 bridgehead atoms. The molecule has 0 atom stereocenters. The van der Waals surface area contributed by atoms with E-state index in [2.05, 4.69) is 5.10 Å². The molecule has 0 radical (unpaired) electrons. The number of aliphatic hydroxyl groups is 1. The summed E-state index contributed by atoms with van der Waals surface area (Å²) in [7, 11) is 0. The Morgan fingerprint density at radius 3 is 2.62 bits per heavy atom. The molecule has 5 nitrogen and oxygen atoms in total. The Morgan fingerprint density at radius 2 is 1.96 bits per heavy atom. The summed E-state index contributed by atoms with van der Waals surface area (Å²) in [6, 6.07) is 5.17. The van der Waals surface area contributed by atoms with Gasteiger partial charge in [0.25, 0.3) is 5.91 Å². The van der Waals surface area contributed by atoms with E-state index in [9.17, 15) is 13.6 Å². The quantitative estimate of drug-likeness (QED) is 0.932. The smallest absolute Gasteiger partial charge is 0.253 e. The molecule has 24 heavy (non-hydrogen) atoms. The van der Waals surface area contributed by atoms with Crippen LogP contribution in [0.1, 0.15) is 34.8 Å². The predicted molar refractivity (Wildman–Crippen MR) is 83.5 cm³/mol. The van der Waals surface area contributed by atoms with E-state index in [1.807, 2.05) is 6.07 Å². The highest BCUT2D eigenvalue weighted by Gasteiger charge is 2.26. The molecule has 2 aromatic rings. The number of amides is 1. The molecule has 1 amide bonds. The fourth-order valence-corrected chi connectivity index (χ4v) is 3.16. The molecule has 7 heteroatoms. The summed E-state index contributed by atoms with van der Waals surface area (Å²) in [5.74, 6) is -1.98. The predicted octanol–water partition coefficient (Wildman–Crippen LogP) is 2.17. The highest BCUT2D eigenvalue weighted by molar-refractivity contribution is 5.94. The number of hydrogen-bond acceptors (Lipinski definition) is 3. The zero-order valence-electron chi connectivity index (χ0n) is 13.2. The van der Waals surface area contributed by atoms with Crippen molar-refractivity contribution < 1.29 is 18.7 Å². The van der Waals surface area contributed by atoms with Crippen LogP contribution in [0.15, 0.2) is 30.5 Å². The lowest BCUT2D eigenvalue weighted by molar-refractivity contribution is 0.0710. The lowest BCUT2D eigenvalue weighted by atomic mass is 9.93. The normalized spacial score (nSPS) is 15.7. The molecule has 0 saturated carbocycles. The minimum Gasteiger partial charge on any atom is -0.394 e. The van der Waals surface area contributed by atoms with Gasteiger partial charge in [0.05, 0.1) is 13.2 Å². The fourth-order valence-electron chi connectivity index (χ4n) is 3.16. The Kier molecular flexibility index (Phi) is 4.89. The largest absolute Gasteiger partial charge is 0.394 e. The number of carbonyl (C=O) groups excluding carboxylic acids is 1. The number of rotatable bonds is 4. The van der Waals surface area contributed by atoms with Crippen LogP contribution in [0.3, 0.4) is 0 Å². The summed E-state index contributed by atoms with van der Waals surface area (Å²) < 4.78 is 28.1. The van der Waals surface area contributed by atoms with Gasteiger partial charge in [-0.3, -0.25) is 9.48 Å². The summed E-state index contributed by atoms with van der Waals surface area (Å²) in [5, 5.41) is 13.3. The van der Waals surface area contributed by atoms with Crippen LogP contribution in [-0.2, 0) is 6.54 Å². The van der Waals surface area contributed by atoms with E-state index in [1.165, 1.54) is 6.07 Å². The third kappa shape index (κ3) is 3.31. The van der Waals surface area contributed by atoms with Gasteiger partial charge in [0.15, 0.2) is 11.6 Å². The third-order valence-electron chi connectivity index (χ3n) is 4.43. The number of halogens is 2. The van der Waals surface area contributed by atoms with Crippen LogP contribution in [0, 0.1) is 11.6 Å². The molecule has 1 saturated heterocycles. The molecular weight excluding hydrogens is 316 g/mol. The second kappa shape index (κ2) is 7.09. The van der Waals surface area contributed by atoms with Crippen LogP contribution in [0.4, 0.5) is 8.78 Å². The molecule has 2 heterocycles. The molecular formula is C17H19F2N3O2. The second-order valence-electron chi connectivity index (χ2n) is 5.90. The monoisotopic (exact) mass is 335 g/mol. The topological polar surface area (TPSA) is 58.4 Å². The molecule has 1 N–H and O–H groups in total. The molecule has 0 aliphatic carbocycles. The zero-order chi connectivity index (χ0) is 17.1. The minimum absolute atomic E-state index is 0.0299. The average molecular weight is 335 g/mol. The van der Waals surface area contributed by atoms with Crippen LogP contribution in [0.25, 0.3) is 0 Å². The molecule has 1 aromatic carbocycles. The molecule has 1 aliphatic heterocycles. The number of hydrogen-bond donors (Lipinski definition) is 1. The molecule has 0 spiro atoms. The summed E-state index contributed by atoms with van der Waals surface area (Å²) in [5.41, 5.74) is 1.22. The first kappa shape index (κ1) is 16.6. The number of carbonyl (C=O) groups is 1. The van der Waals surface area contributed by atoms with Gasteiger partial charge in [-0.15, -0.1) is 0 Å². The number of piperidine rings is 1. The van der Waals surface area contributed by atoms with Crippen LogP contribution >= 0.6 is 0 Å². The van der Waals surface area contributed by atoms with Crippen molar-refractivity contribution in [2.45, 2.75) is 25.3 Å². The Balaban J connectivity index is 1.65. The van der Waals surface area contributed by atoms with Crippen molar-refractivity contribution in [3.8, 4) is 0 Å². The van der Waals surface area contributed by atoms with Crippen molar-refractivity contribution in [1.82, 2.24) is 14.7 Å². The van der Waals surface area contributed by atoms with Crippen LogP contribution in [0.2, 0.25) is 0 Å². The number of likely N-dealkylation sites (tertiary alicyclic amines) is 1. The molecule has 3 rings (SSSR count). The van der Waals surface area contributed by atoms with Gasteiger partial charge < -0.3 is 10.0 Å². The first-order valence-electron chi connectivity index (χ1n) is 7.97. The Labute approximate surface area is 138 Å². The van der Waals surface area contributed by atoms with E-state index in [1.54, 1.807) is 15.8 Å². The SMILES string of the molecule is O=C(c1ccc(F)c(F)c1)N1CCC(c2ccnn2CCO)CC1. The van der Waals surface area contributed by atoms with Crippen molar-refractivity contribution in [2.24, 2.45) is 0 Å². The van der Waals surface area contributed by atoms with E-state index < -0.39 is 11.6 Å². The maximum Gasteiger partial charge on any atom is 0.253 e. The van der Waals surface area contributed by atoms with Gasteiger partial charge in [-0.05, 0) is 37.1 Å². The van der Waals surface area contributed by atoms with Gasteiger partial charge in [-0.25, -0.2) is 8.78 Å². The second-order valence-corrected chi connectivity index (χ2v) is 5.90. The van der Waals surface area contributed by atoms with Crippen LogP contribution < -0.4 is 0 Å². The van der Waals surface area contributed by atoms with E-state index in [0.717, 1.165) is 30.7 Å². The van der Waals surface area contributed by atoms with Gasteiger partial charge in [0.2, 0.25) is 0 Å². The Bertz CT molecular complexity index is 724. The van der Waals surface area contributed by atoms with Gasteiger partial charge >= 0.3 is 0 Å². The summed E-state index contributed by atoms with van der Waals surface area (Å²) >= 11 is 0. The molecule has 128 valence electrons. The fraction of sp³-hybridized carbons (Fsp3) is 0.412. The number of benzene rings is 1. The molecule has 0 unspecified atom stereocenters. The summed E-state index contributed by atoms with van der Waals surface area (Å²) in [4.78, 5) is 14.1. The number of aliphatic hydroxyl groups excluding tert-OH is 1. The first-order valence-corrected chi connectivity index (χ1v) is 7.97. The lowest BCUT2D eigenvalue weighted by Crippen LogP contribution is -2.38.